The first-order chi connectivity index (χ1) is 9.11. The van der Waals surface area contributed by atoms with E-state index >= 15 is 0 Å². The summed E-state index contributed by atoms with van der Waals surface area (Å²) < 4.78 is 2.09. The lowest BCUT2D eigenvalue weighted by Crippen LogP contribution is -2.28. The first kappa shape index (κ1) is 15.9. The zero-order valence-corrected chi connectivity index (χ0v) is 15.1. The standard InChI is InChI=1S/C16H30N3P/c1-11(12(2)15(3,4)5)14-9-19(18-17-14)16(6,7)8-13-10-20-13/h9,11-13,20H,8,10H2,1-7H3/t11?,12?,13-/m1/s1. The van der Waals surface area contributed by atoms with Crippen LogP contribution in [0.25, 0.3) is 0 Å². The molecule has 1 fully saturated rings. The molecule has 0 amide bonds. The Bertz CT molecular complexity index is 455. The van der Waals surface area contributed by atoms with Crippen molar-refractivity contribution in [2.75, 3.05) is 6.16 Å². The van der Waals surface area contributed by atoms with E-state index in [1.54, 1.807) is 0 Å². The van der Waals surface area contributed by atoms with Gasteiger partial charge in [-0.15, -0.1) is 13.7 Å². The molecule has 20 heavy (non-hydrogen) atoms. The smallest absolute Gasteiger partial charge is 0.0858 e. The second-order valence-electron chi connectivity index (χ2n) is 8.15. The van der Waals surface area contributed by atoms with Crippen molar-refractivity contribution >= 4 is 8.58 Å². The molecule has 2 heterocycles. The van der Waals surface area contributed by atoms with E-state index in [2.05, 4.69) is 69.7 Å². The average Bonchev–Trinajstić information content (AvgIpc) is 2.96. The van der Waals surface area contributed by atoms with Crippen molar-refractivity contribution in [1.82, 2.24) is 15.0 Å². The van der Waals surface area contributed by atoms with E-state index in [4.69, 9.17) is 0 Å². The Labute approximate surface area is 125 Å². The van der Waals surface area contributed by atoms with Crippen LogP contribution in [0, 0.1) is 11.3 Å². The molecule has 0 bridgehead atoms. The van der Waals surface area contributed by atoms with Crippen molar-refractivity contribution in [3.05, 3.63) is 11.9 Å². The summed E-state index contributed by atoms with van der Waals surface area (Å²) in [5, 5.41) is 8.88. The van der Waals surface area contributed by atoms with Crippen LogP contribution in [0.1, 0.15) is 66.5 Å². The van der Waals surface area contributed by atoms with Gasteiger partial charge in [-0.05, 0) is 43.4 Å². The van der Waals surface area contributed by atoms with Gasteiger partial charge < -0.3 is 0 Å². The number of aromatic nitrogens is 3. The summed E-state index contributed by atoms with van der Waals surface area (Å²) in [6.07, 6.45) is 4.83. The Morgan fingerprint density at radius 1 is 1.30 bits per heavy atom. The summed E-state index contributed by atoms with van der Waals surface area (Å²) >= 11 is 0. The van der Waals surface area contributed by atoms with E-state index in [0.29, 0.717) is 17.3 Å². The minimum absolute atomic E-state index is 0.101. The second kappa shape index (κ2) is 5.40. The summed E-state index contributed by atoms with van der Waals surface area (Å²) in [7, 11) is 1.17. The predicted octanol–water partition coefficient (Wildman–Crippen LogP) is 4.25. The third-order valence-electron chi connectivity index (χ3n) is 4.95. The summed E-state index contributed by atoms with van der Waals surface area (Å²) in [5.74, 6) is 1.03. The van der Waals surface area contributed by atoms with Crippen molar-refractivity contribution in [3.8, 4) is 0 Å². The van der Waals surface area contributed by atoms with Gasteiger partial charge in [0.2, 0.25) is 0 Å². The first-order valence-electron chi connectivity index (χ1n) is 7.77. The molecule has 1 aromatic rings. The Morgan fingerprint density at radius 2 is 1.90 bits per heavy atom. The van der Waals surface area contributed by atoms with Crippen LogP contribution >= 0.6 is 8.58 Å². The molecular weight excluding hydrogens is 265 g/mol. The zero-order valence-electron chi connectivity index (χ0n) is 14.1. The van der Waals surface area contributed by atoms with Gasteiger partial charge in [0.05, 0.1) is 11.2 Å². The van der Waals surface area contributed by atoms with Gasteiger partial charge >= 0.3 is 0 Å². The number of nitrogens with zero attached hydrogens (tertiary/aromatic N) is 3. The van der Waals surface area contributed by atoms with Gasteiger partial charge in [-0.3, -0.25) is 0 Å². The lowest BCUT2D eigenvalue weighted by molar-refractivity contribution is 0.226. The van der Waals surface area contributed by atoms with E-state index in [-0.39, 0.29) is 5.54 Å². The van der Waals surface area contributed by atoms with Crippen LogP contribution in [0.15, 0.2) is 6.20 Å². The number of hydrogen-bond donors (Lipinski definition) is 0. The molecule has 2 rings (SSSR count). The number of hydrogen-bond acceptors (Lipinski definition) is 2. The SMILES string of the molecule is CC(c1cn(C(C)(C)C[C@@H]2CP2)nn1)C(C)C(C)(C)C. The summed E-state index contributed by atoms with van der Waals surface area (Å²) in [6.45, 7) is 16.1. The molecule has 3 nitrogen and oxygen atoms in total. The molecule has 1 aliphatic rings. The van der Waals surface area contributed by atoms with E-state index in [1.165, 1.54) is 21.2 Å². The van der Waals surface area contributed by atoms with Crippen LogP contribution in [0.2, 0.25) is 0 Å². The van der Waals surface area contributed by atoms with Gasteiger partial charge in [-0.25, -0.2) is 4.68 Å². The molecule has 4 heteroatoms. The molecule has 0 saturated carbocycles. The molecule has 1 saturated heterocycles. The van der Waals surface area contributed by atoms with Crippen molar-refractivity contribution in [2.45, 2.75) is 72.0 Å². The minimum Gasteiger partial charge on any atom is -0.247 e. The van der Waals surface area contributed by atoms with Crippen LogP contribution in [-0.4, -0.2) is 26.8 Å². The normalized spacial score (nSPS) is 23.9. The van der Waals surface area contributed by atoms with Crippen LogP contribution in [0.4, 0.5) is 0 Å². The quantitative estimate of drug-likeness (QED) is 0.760. The zero-order chi connectivity index (χ0) is 15.1. The molecule has 0 aromatic carbocycles. The highest BCUT2D eigenvalue weighted by molar-refractivity contribution is 7.47. The van der Waals surface area contributed by atoms with Gasteiger partial charge in [0.25, 0.3) is 0 Å². The lowest BCUT2D eigenvalue weighted by atomic mass is 9.74. The van der Waals surface area contributed by atoms with E-state index in [1.807, 2.05) is 0 Å². The largest absolute Gasteiger partial charge is 0.247 e. The van der Waals surface area contributed by atoms with Crippen LogP contribution in [0.3, 0.4) is 0 Å². The Balaban J connectivity index is 2.11. The van der Waals surface area contributed by atoms with Crippen LogP contribution in [-0.2, 0) is 5.54 Å². The second-order valence-corrected chi connectivity index (χ2v) is 9.79. The summed E-state index contributed by atoms with van der Waals surface area (Å²) in [5.41, 5.74) is 2.47. The predicted molar refractivity (Wildman–Crippen MR) is 88.0 cm³/mol. The van der Waals surface area contributed by atoms with Gasteiger partial charge in [0.15, 0.2) is 0 Å². The van der Waals surface area contributed by atoms with Crippen molar-refractivity contribution in [1.29, 1.82) is 0 Å². The maximum absolute atomic E-state index is 4.46. The monoisotopic (exact) mass is 295 g/mol. The van der Waals surface area contributed by atoms with Gasteiger partial charge in [-0.1, -0.05) is 39.8 Å². The van der Waals surface area contributed by atoms with E-state index in [0.717, 1.165) is 11.4 Å². The molecule has 0 aliphatic carbocycles. The lowest BCUT2D eigenvalue weighted by Gasteiger charge is -2.31. The first-order valence-corrected chi connectivity index (χ1v) is 9.06. The van der Waals surface area contributed by atoms with Crippen molar-refractivity contribution < 1.29 is 0 Å². The summed E-state index contributed by atoms with van der Waals surface area (Å²) in [4.78, 5) is 0. The molecule has 1 aromatic heterocycles. The molecule has 0 radical (unpaired) electrons. The molecule has 1 aliphatic heterocycles. The molecule has 0 spiro atoms. The fraction of sp³-hybridized carbons (Fsp3) is 0.875. The van der Waals surface area contributed by atoms with Gasteiger partial charge in [0, 0.05) is 12.1 Å². The number of rotatable bonds is 5. The highest BCUT2D eigenvalue weighted by Gasteiger charge is 2.33. The Morgan fingerprint density at radius 3 is 2.40 bits per heavy atom. The van der Waals surface area contributed by atoms with Crippen molar-refractivity contribution in [3.63, 3.8) is 0 Å². The fourth-order valence-corrected chi connectivity index (χ4v) is 3.67. The van der Waals surface area contributed by atoms with Gasteiger partial charge in [0.1, 0.15) is 0 Å². The Hall–Kier alpha value is -0.430. The molecule has 4 atom stereocenters. The van der Waals surface area contributed by atoms with Crippen molar-refractivity contribution in [2.24, 2.45) is 11.3 Å². The average molecular weight is 295 g/mol. The van der Waals surface area contributed by atoms with Crippen LogP contribution < -0.4 is 0 Å². The van der Waals surface area contributed by atoms with Gasteiger partial charge in [-0.2, -0.15) is 0 Å². The Kier molecular flexibility index (Phi) is 4.31. The highest BCUT2D eigenvalue weighted by atomic mass is 31.1. The van der Waals surface area contributed by atoms with E-state index in [9.17, 15) is 0 Å². The third-order valence-corrected chi connectivity index (χ3v) is 6.14. The topological polar surface area (TPSA) is 30.7 Å². The van der Waals surface area contributed by atoms with E-state index < -0.39 is 0 Å². The molecule has 0 N–H and O–H groups in total. The maximum Gasteiger partial charge on any atom is 0.0858 e. The molecule has 3 unspecified atom stereocenters. The summed E-state index contributed by atoms with van der Waals surface area (Å²) in [6, 6.07) is 0. The minimum atomic E-state index is 0.101. The fourth-order valence-electron chi connectivity index (χ4n) is 2.71. The maximum atomic E-state index is 4.46. The molecule has 114 valence electrons. The third kappa shape index (κ3) is 3.61. The van der Waals surface area contributed by atoms with Crippen LogP contribution in [0.5, 0.6) is 0 Å². The molecular formula is C16H30N3P. The highest BCUT2D eigenvalue weighted by Crippen LogP contribution is 2.45.